The molecule has 0 saturated carbocycles. The van der Waals surface area contributed by atoms with Crippen molar-refractivity contribution in [3.63, 3.8) is 0 Å². The summed E-state index contributed by atoms with van der Waals surface area (Å²) >= 11 is 0. The Morgan fingerprint density at radius 1 is 1.24 bits per heavy atom. The lowest BCUT2D eigenvalue weighted by Crippen LogP contribution is -2.43. The maximum Gasteiger partial charge on any atom is 0.329 e. The average molecular weight is 389 g/mol. The molecular weight excluding hydrogens is 366 g/mol. The predicted octanol–water partition coefficient (Wildman–Crippen LogP) is 3.87. The second-order valence-corrected chi connectivity index (χ2v) is 7.08. The van der Waals surface area contributed by atoms with E-state index >= 15 is 0 Å². The van der Waals surface area contributed by atoms with Crippen molar-refractivity contribution in [2.75, 3.05) is 22.1 Å². The minimum atomic E-state index is -0.283. The number of hydrogen-bond donors (Lipinski definition) is 2. The van der Waals surface area contributed by atoms with Crippen LogP contribution in [0.25, 0.3) is 11.3 Å². The van der Waals surface area contributed by atoms with Gasteiger partial charge in [0.05, 0.1) is 11.4 Å². The van der Waals surface area contributed by atoms with Crippen LogP contribution in [-0.2, 0) is 0 Å². The van der Waals surface area contributed by atoms with Crippen LogP contribution in [0.1, 0.15) is 25.5 Å². The zero-order valence-corrected chi connectivity index (χ0v) is 16.5. The van der Waals surface area contributed by atoms with Crippen molar-refractivity contribution in [2.45, 2.75) is 32.7 Å². The molecule has 0 spiro atoms. The fourth-order valence-electron chi connectivity index (χ4n) is 3.34. The van der Waals surface area contributed by atoms with Gasteiger partial charge in [-0.2, -0.15) is 5.10 Å². The number of carbonyl (C=O) groups is 1. The van der Waals surface area contributed by atoms with Gasteiger partial charge in [-0.25, -0.2) is 9.78 Å². The van der Waals surface area contributed by atoms with Gasteiger partial charge in [-0.05, 0) is 63.1 Å². The number of nitrogens with zero attached hydrogens (tertiary/aromatic N) is 5. The summed E-state index contributed by atoms with van der Waals surface area (Å²) in [5.74, 6) is 0.997. The van der Waals surface area contributed by atoms with Crippen LogP contribution < -0.4 is 15.5 Å². The van der Waals surface area contributed by atoms with E-state index in [0.717, 1.165) is 42.0 Å². The standard InChI is InChI=1S/C21H23N7O/c1-14-7-8-16(13-23-14)17-9-10-18-20(25-17)28(15(2)5-3-11-22-18)21(29)26-19-6-4-12-24-27-19/h4,6-10,12-13,15,22H,3,5,11H2,1-2H3,(H,26,27,29)/t15-/m1/s1. The molecule has 2 N–H and O–H groups in total. The molecule has 0 radical (unpaired) electrons. The van der Waals surface area contributed by atoms with Gasteiger partial charge in [0.1, 0.15) is 0 Å². The van der Waals surface area contributed by atoms with Gasteiger partial charge in [0.15, 0.2) is 11.6 Å². The highest BCUT2D eigenvalue weighted by Crippen LogP contribution is 2.32. The first-order chi connectivity index (χ1) is 14.1. The van der Waals surface area contributed by atoms with Gasteiger partial charge in [-0.3, -0.25) is 15.2 Å². The molecule has 0 aliphatic carbocycles. The zero-order chi connectivity index (χ0) is 20.2. The minimum Gasteiger partial charge on any atom is -0.382 e. The molecule has 8 heteroatoms. The van der Waals surface area contributed by atoms with Crippen LogP contribution in [0.5, 0.6) is 0 Å². The fourth-order valence-corrected chi connectivity index (χ4v) is 3.34. The molecule has 1 aliphatic rings. The number of anilines is 3. The third kappa shape index (κ3) is 4.16. The molecular formula is C21H23N7O. The maximum absolute atomic E-state index is 13.2. The summed E-state index contributed by atoms with van der Waals surface area (Å²) in [4.78, 5) is 24.1. The third-order valence-corrected chi connectivity index (χ3v) is 4.89. The summed E-state index contributed by atoms with van der Waals surface area (Å²) in [6, 6.07) is 11.0. The van der Waals surface area contributed by atoms with Crippen molar-refractivity contribution < 1.29 is 4.79 Å². The first kappa shape index (κ1) is 18.8. The van der Waals surface area contributed by atoms with Crippen LogP contribution in [0, 0.1) is 6.92 Å². The Kier molecular flexibility index (Phi) is 5.33. The minimum absolute atomic E-state index is 0.0218. The molecule has 1 aliphatic heterocycles. The van der Waals surface area contributed by atoms with Gasteiger partial charge >= 0.3 is 6.03 Å². The van der Waals surface area contributed by atoms with Gasteiger partial charge in [-0.1, -0.05) is 0 Å². The molecule has 1 atom stereocenters. The number of amides is 2. The van der Waals surface area contributed by atoms with E-state index in [1.54, 1.807) is 29.4 Å². The molecule has 3 aromatic rings. The monoisotopic (exact) mass is 389 g/mol. The van der Waals surface area contributed by atoms with Gasteiger partial charge in [0.2, 0.25) is 0 Å². The average Bonchev–Trinajstić information content (AvgIpc) is 2.72. The summed E-state index contributed by atoms with van der Waals surface area (Å²) in [6.45, 7) is 4.82. The van der Waals surface area contributed by atoms with Gasteiger partial charge in [-0.15, -0.1) is 5.10 Å². The van der Waals surface area contributed by atoms with E-state index in [-0.39, 0.29) is 12.1 Å². The van der Waals surface area contributed by atoms with E-state index < -0.39 is 0 Å². The Labute approximate surface area is 169 Å². The van der Waals surface area contributed by atoms with Crippen LogP contribution in [0.2, 0.25) is 0 Å². The number of fused-ring (bicyclic) bond motifs is 1. The van der Waals surface area contributed by atoms with Crippen molar-refractivity contribution in [3.05, 3.63) is 54.5 Å². The Morgan fingerprint density at radius 3 is 2.90 bits per heavy atom. The highest BCUT2D eigenvalue weighted by molar-refractivity contribution is 6.03. The zero-order valence-electron chi connectivity index (χ0n) is 16.5. The highest BCUT2D eigenvalue weighted by atomic mass is 16.2. The van der Waals surface area contributed by atoms with E-state index in [2.05, 4.69) is 25.8 Å². The van der Waals surface area contributed by atoms with Crippen LogP contribution in [0.15, 0.2) is 48.8 Å². The summed E-state index contributed by atoms with van der Waals surface area (Å²) in [5, 5.41) is 14.0. The maximum atomic E-state index is 13.2. The Morgan fingerprint density at radius 2 is 2.14 bits per heavy atom. The molecule has 2 amide bonds. The highest BCUT2D eigenvalue weighted by Gasteiger charge is 2.28. The van der Waals surface area contributed by atoms with Crippen LogP contribution in [0.3, 0.4) is 0 Å². The fraction of sp³-hybridized carbons (Fsp3) is 0.286. The molecule has 29 heavy (non-hydrogen) atoms. The number of hydrogen-bond acceptors (Lipinski definition) is 6. The van der Waals surface area contributed by atoms with Crippen molar-refractivity contribution in [1.29, 1.82) is 0 Å². The predicted molar refractivity (Wildman–Crippen MR) is 113 cm³/mol. The topological polar surface area (TPSA) is 95.9 Å². The summed E-state index contributed by atoms with van der Waals surface area (Å²) in [6.07, 6.45) is 5.18. The molecule has 0 unspecified atom stereocenters. The van der Waals surface area contributed by atoms with Crippen molar-refractivity contribution in [3.8, 4) is 11.3 Å². The molecule has 8 nitrogen and oxygen atoms in total. The van der Waals surface area contributed by atoms with E-state index in [4.69, 9.17) is 4.98 Å². The van der Waals surface area contributed by atoms with Gasteiger partial charge in [0, 0.05) is 36.2 Å². The lowest BCUT2D eigenvalue weighted by atomic mass is 10.1. The normalized spacial score (nSPS) is 16.2. The Bertz CT molecular complexity index is 992. The smallest absolute Gasteiger partial charge is 0.329 e. The number of aryl methyl sites for hydroxylation is 1. The quantitative estimate of drug-likeness (QED) is 0.691. The summed E-state index contributed by atoms with van der Waals surface area (Å²) in [5.41, 5.74) is 3.44. The number of rotatable bonds is 2. The van der Waals surface area contributed by atoms with Crippen molar-refractivity contribution >= 4 is 23.4 Å². The molecule has 0 aromatic carbocycles. The lowest BCUT2D eigenvalue weighted by molar-refractivity contribution is 0.254. The van der Waals surface area contributed by atoms with Gasteiger partial charge < -0.3 is 5.32 Å². The molecule has 4 rings (SSSR count). The molecule has 148 valence electrons. The SMILES string of the molecule is Cc1ccc(-c2ccc3c(n2)N(C(=O)Nc2cccnn2)[C@H](C)CCCN3)cn1. The number of nitrogens with one attached hydrogen (secondary N) is 2. The molecule has 3 aromatic heterocycles. The summed E-state index contributed by atoms with van der Waals surface area (Å²) < 4.78 is 0. The van der Waals surface area contributed by atoms with E-state index in [0.29, 0.717) is 11.6 Å². The number of carbonyl (C=O) groups excluding carboxylic acids is 1. The second-order valence-electron chi connectivity index (χ2n) is 7.08. The van der Waals surface area contributed by atoms with Gasteiger partial charge in [0.25, 0.3) is 0 Å². The number of urea groups is 1. The lowest BCUT2D eigenvalue weighted by Gasteiger charge is -2.32. The van der Waals surface area contributed by atoms with Crippen molar-refractivity contribution in [2.24, 2.45) is 0 Å². The summed E-state index contributed by atoms with van der Waals surface area (Å²) in [7, 11) is 0. The molecule has 0 fully saturated rings. The number of pyridine rings is 2. The third-order valence-electron chi connectivity index (χ3n) is 4.89. The van der Waals surface area contributed by atoms with E-state index in [1.807, 2.05) is 38.1 Å². The molecule has 4 heterocycles. The van der Waals surface area contributed by atoms with E-state index in [9.17, 15) is 4.79 Å². The van der Waals surface area contributed by atoms with E-state index in [1.165, 1.54) is 0 Å². The second kappa shape index (κ2) is 8.22. The van der Waals surface area contributed by atoms with Crippen LogP contribution in [-0.4, -0.2) is 38.8 Å². The first-order valence-electron chi connectivity index (χ1n) is 9.67. The molecule has 0 bridgehead atoms. The first-order valence-corrected chi connectivity index (χ1v) is 9.67. The largest absolute Gasteiger partial charge is 0.382 e. The van der Waals surface area contributed by atoms with Crippen LogP contribution in [0.4, 0.5) is 22.1 Å². The Hall–Kier alpha value is -3.55. The van der Waals surface area contributed by atoms with Crippen molar-refractivity contribution in [1.82, 2.24) is 20.2 Å². The molecule has 0 saturated heterocycles. The Balaban J connectivity index is 1.73. The number of aromatic nitrogens is 4. The van der Waals surface area contributed by atoms with Crippen LogP contribution >= 0.6 is 0 Å².